The Labute approximate surface area is 211 Å². The van der Waals surface area contributed by atoms with Crippen LogP contribution in [0, 0.1) is 17.1 Å². The Bertz CT molecular complexity index is 764. The number of phosphoric acid groups is 1. The summed E-state index contributed by atoms with van der Waals surface area (Å²) in [5.74, 6) is -0.520. The van der Waals surface area contributed by atoms with Crippen LogP contribution in [0.15, 0.2) is 18.2 Å². The highest BCUT2D eigenvalue weighted by Gasteiger charge is 2.19. The zero-order valence-corrected chi connectivity index (χ0v) is 22.3. The van der Waals surface area contributed by atoms with Crippen molar-refractivity contribution in [1.29, 1.82) is 5.26 Å². The summed E-state index contributed by atoms with van der Waals surface area (Å²) in [5.41, 5.74) is 0.702. The second-order valence-electron chi connectivity index (χ2n) is 9.42. The zero-order chi connectivity index (χ0) is 25.8. The molecule has 1 aromatic carbocycles. The fraction of sp³-hybridized carbons (Fsp3) is 0.741. The number of ether oxygens (including phenoxy) is 1. The van der Waals surface area contributed by atoms with E-state index in [2.05, 4.69) is 11.4 Å². The maximum absolute atomic E-state index is 13.6. The Balaban J connectivity index is 2.18. The molecule has 1 unspecified atom stereocenters. The first kappa shape index (κ1) is 31.7. The highest BCUT2D eigenvalue weighted by Crippen LogP contribution is 2.36. The maximum atomic E-state index is 13.6. The molecule has 0 aromatic heterocycles. The van der Waals surface area contributed by atoms with Crippen LogP contribution in [-0.2, 0) is 20.4 Å². The second kappa shape index (κ2) is 19.8. The predicted octanol–water partition coefficient (Wildman–Crippen LogP) is 7.95. The van der Waals surface area contributed by atoms with Gasteiger partial charge in [0.1, 0.15) is 5.82 Å². The lowest BCUT2D eigenvalue weighted by Crippen LogP contribution is -2.19. The van der Waals surface area contributed by atoms with E-state index in [0.717, 1.165) is 25.3 Å². The number of rotatable bonds is 22. The van der Waals surface area contributed by atoms with E-state index < -0.39 is 19.7 Å². The molecule has 8 heteroatoms. The first-order chi connectivity index (χ1) is 16.8. The van der Waals surface area contributed by atoms with E-state index in [9.17, 15) is 8.96 Å². The van der Waals surface area contributed by atoms with Crippen molar-refractivity contribution in [3.63, 3.8) is 0 Å². The molecule has 200 valence electrons. The van der Waals surface area contributed by atoms with Gasteiger partial charge in [0, 0.05) is 0 Å². The van der Waals surface area contributed by atoms with E-state index in [4.69, 9.17) is 19.8 Å². The lowest BCUT2D eigenvalue weighted by atomic mass is 10.0. The van der Waals surface area contributed by atoms with Crippen LogP contribution in [0.25, 0.3) is 0 Å². The molecule has 0 heterocycles. The number of benzene rings is 1. The first-order valence-corrected chi connectivity index (χ1v) is 14.9. The minimum Gasteiger partial charge on any atom is -0.371 e. The molecule has 0 saturated heterocycles. The van der Waals surface area contributed by atoms with Crippen molar-refractivity contribution in [2.75, 3.05) is 6.61 Å². The fourth-order valence-corrected chi connectivity index (χ4v) is 4.51. The number of hydrogen-bond acceptors (Lipinski definition) is 4. The number of halogens is 1. The van der Waals surface area contributed by atoms with E-state index in [1.54, 1.807) is 0 Å². The molecule has 0 spiro atoms. The molecule has 0 saturated carbocycles. The topological polar surface area (TPSA) is 99.8 Å². The van der Waals surface area contributed by atoms with Crippen LogP contribution in [0.5, 0.6) is 0 Å². The fourth-order valence-electron chi connectivity index (χ4n) is 4.15. The quantitative estimate of drug-likeness (QED) is 0.121. The van der Waals surface area contributed by atoms with Crippen LogP contribution in [0.2, 0.25) is 0 Å². The molecule has 1 aromatic rings. The minimum atomic E-state index is -4.59. The summed E-state index contributed by atoms with van der Waals surface area (Å²) in [4.78, 5) is 18.0. The Hall–Kier alpha value is -1.29. The van der Waals surface area contributed by atoms with Gasteiger partial charge in [0.25, 0.3) is 0 Å². The van der Waals surface area contributed by atoms with Gasteiger partial charge in [-0.25, -0.2) is 8.96 Å². The monoisotopic (exact) mass is 513 g/mol. The molecule has 0 aliphatic heterocycles. The first-order valence-electron chi connectivity index (χ1n) is 13.3. The summed E-state index contributed by atoms with van der Waals surface area (Å²) in [6, 6.07) is 5.87. The van der Waals surface area contributed by atoms with Crippen LogP contribution in [-0.4, -0.2) is 22.5 Å². The van der Waals surface area contributed by atoms with Crippen molar-refractivity contribution in [3.8, 4) is 6.07 Å². The van der Waals surface area contributed by atoms with Crippen molar-refractivity contribution in [3.05, 3.63) is 35.1 Å². The predicted molar refractivity (Wildman–Crippen MR) is 137 cm³/mol. The van der Waals surface area contributed by atoms with E-state index in [1.807, 2.05) is 6.07 Å². The summed E-state index contributed by atoms with van der Waals surface area (Å²) in [5, 5.41) is 8.98. The minimum absolute atomic E-state index is 0.0420. The SMILES string of the molecule is CCCCCCCCCCCCCCCCCC(COP(=O)(O)O)OCc1cc(F)cc(C#N)c1. The van der Waals surface area contributed by atoms with E-state index in [1.165, 1.54) is 89.2 Å². The lowest BCUT2D eigenvalue weighted by molar-refractivity contribution is -0.00383. The van der Waals surface area contributed by atoms with E-state index in [-0.39, 0.29) is 18.8 Å². The van der Waals surface area contributed by atoms with Crippen LogP contribution >= 0.6 is 7.82 Å². The van der Waals surface area contributed by atoms with Gasteiger partial charge in [0.2, 0.25) is 0 Å². The number of nitriles is 1. The second-order valence-corrected chi connectivity index (χ2v) is 10.7. The van der Waals surface area contributed by atoms with Gasteiger partial charge in [0.05, 0.1) is 31.0 Å². The van der Waals surface area contributed by atoms with Crippen LogP contribution in [0.1, 0.15) is 121 Å². The van der Waals surface area contributed by atoms with Crippen molar-refractivity contribution < 1.29 is 28.0 Å². The smallest absolute Gasteiger partial charge is 0.371 e. The molecular formula is C27H45FNO5P. The third-order valence-corrected chi connectivity index (χ3v) is 6.62. The van der Waals surface area contributed by atoms with Gasteiger partial charge >= 0.3 is 7.82 Å². The van der Waals surface area contributed by atoms with Gasteiger partial charge in [0.15, 0.2) is 0 Å². The van der Waals surface area contributed by atoms with Gasteiger partial charge in [-0.1, -0.05) is 103 Å². The van der Waals surface area contributed by atoms with Crippen molar-refractivity contribution >= 4 is 7.82 Å². The summed E-state index contributed by atoms with van der Waals surface area (Å²) in [6.45, 7) is 2.06. The average molecular weight is 514 g/mol. The molecule has 1 rings (SSSR count). The molecule has 35 heavy (non-hydrogen) atoms. The third-order valence-electron chi connectivity index (χ3n) is 6.13. The Morgan fingerprint density at radius 3 is 1.89 bits per heavy atom. The Morgan fingerprint density at radius 2 is 1.40 bits per heavy atom. The lowest BCUT2D eigenvalue weighted by Gasteiger charge is -2.18. The summed E-state index contributed by atoms with van der Waals surface area (Å²) in [7, 11) is -4.59. The zero-order valence-electron chi connectivity index (χ0n) is 21.4. The highest BCUT2D eigenvalue weighted by molar-refractivity contribution is 7.46. The summed E-state index contributed by atoms with van der Waals surface area (Å²) >= 11 is 0. The van der Waals surface area contributed by atoms with Crippen LogP contribution < -0.4 is 0 Å². The molecule has 6 nitrogen and oxygen atoms in total. The summed E-state index contributed by atoms with van der Waals surface area (Å²) < 4.78 is 35.1. The number of hydrogen-bond donors (Lipinski definition) is 2. The standard InChI is InChI=1S/C27H45FNO5P/c1-2-3-4-5-6-7-8-9-10-11-12-13-14-15-16-17-27(23-34-35(30,31)32)33-22-25-18-24(21-29)19-26(28)20-25/h18-20,27H,2-17,22-23H2,1H3,(H2,30,31,32). The van der Waals surface area contributed by atoms with E-state index >= 15 is 0 Å². The molecule has 0 aliphatic rings. The Kier molecular flexibility index (Phi) is 18.0. The number of unbranched alkanes of at least 4 members (excludes halogenated alkanes) is 14. The van der Waals surface area contributed by atoms with Crippen molar-refractivity contribution in [1.82, 2.24) is 0 Å². The molecule has 0 bridgehead atoms. The molecule has 0 amide bonds. The molecule has 0 fully saturated rings. The molecular weight excluding hydrogens is 468 g/mol. The largest absolute Gasteiger partial charge is 0.469 e. The maximum Gasteiger partial charge on any atom is 0.469 e. The number of nitrogens with zero attached hydrogens (tertiary/aromatic N) is 1. The molecule has 0 aliphatic carbocycles. The Morgan fingerprint density at radius 1 is 0.886 bits per heavy atom. The summed E-state index contributed by atoms with van der Waals surface area (Å²) in [6.07, 6.45) is 19.0. The average Bonchev–Trinajstić information content (AvgIpc) is 2.81. The van der Waals surface area contributed by atoms with E-state index in [0.29, 0.717) is 12.0 Å². The van der Waals surface area contributed by atoms with Gasteiger partial charge in [-0.15, -0.1) is 0 Å². The van der Waals surface area contributed by atoms with Crippen molar-refractivity contribution in [2.45, 2.75) is 122 Å². The highest BCUT2D eigenvalue weighted by atomic mass is 31.2. The number of phosphoric ester groups is 1. The normalized spacial score (nSPS) is 12.5. The molecule has 1 atom stereocenters. The van der Waals surface area contributed by atoms with Crippen LogP contribution in [0.4, 0.5) is 4.39 Å². The molecule has 0 radical (unpaired) electrons. The van der Waals surface area contributed by atoms with Gasteiger partial charge in [-0.2, -0.15) is 5.26 Å². The van der Waals surface area contributed by atoms with Crippen LogP contribution in [0.3, 0.4) is 0 Å². The van der Waals surface area contributed by atoms with Gasteiger partial charge in [-0.05, 0) is 30.2 Å². The van der Waals surface area contributed by atoms with Crippen molar-refractivity contribution in [2.24, 2.45) is 0 Å². The van der Waals surface area contributed by atoms with Gasteiger partial charge < -0.3 is 14.5 Å². The molecule has 2 N–H and O–H groups in total. The van der Waals surface area contributed by atoms with Gasteiger partial charge in [-0.3, -0.25) is 4.52 Å². The third kappa shape index (κ3) is 18.6.